The van der Waals surface area contributed by atoms with Gasteiger partial charge in [-0.15, -0.1) is 0 Å². The van der Waals surface area contributed by atoms with Crippen LogP contribution in [0.1, 0.15) is 37.5 Å². The Balaban J connectivity index is 1.88. The summed E-state index contributed by atoms with van der Waals surface area (Å²) in [6.07, 6.45) is 0.876. The Kier molecular flexibility index (Phi) is 4.96. The summed E-state index contributed by atoms with van der Waals surface area (Å²) in [4.78, 5) is 0. The molecule has 0 aliphatic heterocycles. The Labute approximate surface area is 173 Å². The summed E-state index contributed by atoms with van der Waals surface area (Å²) in [7, 11) is 3.38. The highest BCUT2D eigenvalue weighted by atomic mass is 16.5. The Morgan fingerprint density at radius 2 is 1.31 bits per heavy atom. The van der Waals surface area contributed by atoms with Gasteiger partial charge >= 0.3 is 0 Å². The molecule has 0 spiro atoms. The molecule has 0 bridgehead atoms. The molecule has 0 amide bonds. The van der Waals surface area contributed by atoms with E-state index in [1.54, 1.807) is 14.2 Å². The fourth-order valence-corrected chi connectivity index (χ4v) is 3.99. The van der Waals surface area contributed by atoms with E-state index in [1.807, 2.05) is 0 Å². The van der Waals surface area contributed by atoms with Crippen molar-refractivity contribution in [2.24, 2.45) is 0 Å². The molecule has 0 radical (unpaired) electrons. The van der Waals surface area contributed by atoms with Crippen molar-refractivity contribution in [1.82, 2.24) is 0 Å². The molecule has 29 heavy (non-hydrogen) atoms. The van der Waals surface area contributed by atoms with Crippen molar-refractivity contribution in [2.75, 3.05) is 14.2 Å². The lowest BCUT2D eigenvalue weighted by Crippen LogP contribution is -2.10. The van der Waals surface area contributed by atoms with Crippen molar-refractivity contribution < 1.29 is 9.47 Å². The Hall–Kier alpha value is -3.00. The second-order valence-electron chi connectivity index (χ2n) is 8.63. The highest BCUT2D eigenvalue weighted by molar-refractivity contribution is 6.10. The van der Waals surface area contributed by atoms with Gasteiger partial charge in [0.05, 0.1) is 14.2 Å². The molecule has 0 heterocycles. The molecule has 0 saturated heterocycles. The van der Waals surface area contributed by atoms with Crippen LogP contribution < -0.4 is 9.47 Å². The molecule has 0 fully saturated rings. The molecule has 2 nitrogen and oxygen atoms in total. The van der Waals surface area contributed by atoms with Gasteiger partial charge in [0.1, 0.15) is 0 Å². The Bertz CT molecular complexity index is 1170. The Morgan fingerprint density at radius 3 is 1.93 bits per heavy atom. The predicted octanol–water partition coefficient (Wildman–Crippen LogP) is 6.90. The first-order valence-corrected chi connectivity index (χ1v) is 10.1. The SMILES string of the molecule is COc1cc2c(Cc3ccc(C(C)(C)C)cc3)cc3ccccc3c2cc1OC. The first kappa shape index (κ1) is 19.3. The van der Waals surface area contributed by atoms with Gasteiger partial charge < -0.3 is 9.47 Å². The van der Waals surface area contributed by atoms with Gasteiger partial charge in [-0.1, -0.05) is 75.4 Å². The van der Waals surface area contributed by atoms with Crippen molar-refractivity contribution in [3.63, 3.8) is 0 Å². The third-order valence-corrected chi connectivity index (χ3v) is 5.66. The Morgan fingerprint density at radius 1 is 0.690 bits per heavy atom. The number of fused-ring (bicyclic) bond motifs is 3. The third kappa shape index (κ3) is 3.67. The molecule has 0 unspecified atom stereocenters. The maximum Gasteiger partial charge on any atom is 0.161 e. The summed E-state index contributed by atoms with van der Waals surface area (Å²) in [5, 5.41) is 4.88. The molecule has 0 atom stereocenters. The van der Waals surface area contributed by atoms with Crippen LogP contribution in [0.5, 0.6) is 11.5 Å². The van der Waals surface area contributed by atoms with E-state index in [1.165, 1.54) is 38.2 Å². The van der Waals surface area contributed by atoms with E-state index in [2.05, 4.69) is 87.5 Å². The van der Waals surface area contributed by atoms with E-state index >= 15 is 0 Å². The van der Waals surface area contributed by atoms with E-state index in [9.17, 15) is 0 Å². The van der Waals surface area contributed by atoms with Gasteiger partial charge in [0.2, 0.25) is 0 Å². The van der Waals surface area contributed by atoms with Crippen LogP contribution in [-0.2, 0) is 11.8 Å². The van der Waals surface area contributed by atoms with Gasteiger partial charge in [-0.05, 0) is 62.2 Å². The summed E-state index contributed by atoms with van der Waals surface area (Å²) in [5.41, 5.74) is 4.13. The summed E-state index contributed by atoms with van der Waals surface area (Å²) >= 11 is 0. The second kappa shape index (κ2) is 7.44. The average Bonchev–Trinajstić information content (AvgIpc) is 2.72. The maximum absolute atomic E-state index is 5.59. The molecule has 2 heteroatoms. The van der Waals surface area contributed by atoms with E-state index in [4.69, 9.17) is 9.47 Å². The molecule has 0 N–H and O–H groups in total. The minimum Gasteiger partial charge on any atom is -0.493 e. The molecule has 4 rings (SSSR count). The van der Waals surface area contributed by atoms with Crippen molar-refractivity contribution in [1.29, 1.82) is 0 Å². The summed E-state index contributed by atoms with van der Waals surface area (Å²) in [6, 6.07) is 24.1. The summed E-state index contributed by atoms with van der Waals surface area (Å²) in [6.45, 7) is 6.75. The molecule has 0 saturated carbocycles. The van der Waals surface area contributed by atoms with Crippen molar-refractivity contribution in [3.05, 3.63) is 83.4 Å². The molecular formula is C27H28O2. The van der Waals surface area contributed by atoms with E-state index in [0.29, 0.717) is 0 Å². The lowest BCUT2D eigenvalue weighted by atomic mass is 9.86. The monoisotopic (exact) mass is 384 g/mol. The van der Waals surface area contributed by atoms with Crippen molar-refractivity contribution in [3.8, 4) is 11.5 Å². The van der Waals surface area contributed by atoms with Crippen LogP contribution in [0.2, 0.25) is 0 Å². The van der Waals surface area contributed by atoms with Crippen LogP contribution in [0.4, 0.5) is 0 Å². The van der Waals surface area contributed by atoms with Crippen LogP contribution in [0.25, 0.3) is 21.5 Å². The van der Waals surface area contributed by atoms with Crippen LogP contribution in [0, 0.1) is 0 Å². The highest BCUT2D eigenvalue weighted by Crippen LogP contribution is 2.38. The zero-order chi connectivity index (χ0) is 20.6. The zero-order valence-corrected chi connectivity index (χ0v) is 17.9. The highest BCUT2D eigenvalue weighted by Gasteiger charge is 2.15. The van der Waals surface area contributed by atoms with Gasteiger partial charge in [0, 0.05) is 0 Å². The van der Waals surface area contributed by atoms with E-state index in [0.717, 1.165) is 17.9 Å². The van der Waals surface area contributed by atoms with Crippen molar-refractivity contribution in [2.45, 2.75) is 32.6 Å². The maximum atomic E-state index is 5.59. The number of benzene rings is 4. The average molecular weight is 385 g/mol. The fraction of sp³-hybridized carbons (Fsp3) is 0.259. The minimum absolute atomic E-state index is 0.165. The smallest absolute Gasteiger partial charge is 0.161 e. The first-order chi connectivity index (χ1) is 13.9. The summed E-state index contributed by atoms with van der Waals surface area (Å²) in [5.74, 6) is 1.52. The van der Waals surface area contributed by atoms with Crippen LogP contribution in [-0.4, -0.2) is 14.2 Å². The molecule has 0 aromatic heterocycles. The fourth-order valence-electron chi connectivity index (χ4n) is 3.99. The molecular weight excluding hydrogens is 356 g/mol. The number of methoxy groups -OCH3 is 2. The quantitative estimate of drug-likeness (QED) is 0.356. The molecule has 4 aromatic rings. The molecule has 0 aliphatic carbocycles. The normalized spacial score (nSPS) is 11.8. The molecule has 148 valence electrons. The third-order valence-electron chi connectivity index (χ3n) is 5.66. The number of hydrogen-bond acceptors (Lipinski definition) is 2. The molecule has 0 aliphatic rings. The number of ether oxygens (including phenoxy) is 2. The van der Waals surface area contributed by atoms with Gasteiger partial charge in [-0.2, -0.15) is 0 Å². The second-order valence-corrected chi connectivity index (χ2v) is 8.63. The number of hydrogen-bond donors (Lipinski definition) is 0. The van der Waals surface area contributed by atoms with Crippen LogP contribution in [0.3, 0.4) is 0 Å². The first-order valence-electron chi connectivity index (χ1n) is 10.1. The minimum atomic E-state index is 0.165. The van der Waals surface area contributed by atoms with Crippen LogP contribution in [0.15, 0.2) is 66.7 Å². The molecule has 4 aromatic carbocycles. The van der Waals surface area contributed by atoms with Gasteiger partial charge in [0.15, 0.2) is 11.5 Å². The topological polar surface area (TPSA) is 18.5 Å². The largest absolute Gasteiger partial charge is 0.493 e. The zero-order valence-electron chi connectivity index (χ0n) is 17.9. The van der Waals surface area contributed by atoms with Crippen molar-refractivity contribution >= 4 is 21.5 Å². The van der Waals surface area contributed by atoms with E-state index in [-0.39, 0.29) is 5.41 Å². The lowest BCUT2D eigenvalue weighted by Gasteiger charge is -2.19. The summed E-state index contributed by atoms with van der Waals surface area (Å²) < 4.78 is 11.2. The van der Waals surface area contributed by atoms with Gasteiger partial charge in [-0.3, -0.25) is 0 Å². The van der Waals surface area contributed by atoms with E-state index < -0.39 is 0 Å². The number of rotatable bonds is 4. The van der Waals surface area contributed by atoms with Gasteiger partial charge in [0.25, 0.3) is 0 Å². The van der Waals surface area contributed by atoms with Crippen LogP contribution >= 0.6 is 0 Å². The predicted molar refractivity (Wildman–Crippen MR) is 123 cm³/mol. The lowest BCUT2D eigenvalue weighted by molar-refractivity contribution is 0.356. The van der Waals surface area contributed by atoms with Gasteiger partial charge in [-0.25, -0.2) is 0 Å². The standard InChI is InChI=1S/C27H28O2/c1-27(2,3)21-12-10-18(11-13-21)14-20-15-19-8-6-7-9-22(19)24-17-26(29-5)25(28-4)16-23(20)24/h6-13,15-17H,14H2,1-5H3.